The maximum atomic E-state index is 6.06. The molecule has 3 rings (SSSR count). The number of nitrogens with one attached hydrogen (secondary N) is 1. The van der Waals surface area contributed by atoms with Crippen molar-refractivity contribution in [2.75, 3.05) is 5.32 Å². The zero-order valence-electron chi connectivity index (χ0n) is 9.90. The Balaban J connectivity index is 2.10. The third-order valence-corrected chi connectivity index (χ3v) is 3.77. The van der Waals surface area contributed by atoms with Crippen molar-refractivity contribution in [2.24, 2.45) is 0 Å². The van der Waals surface area contributed by atoms with Gasteiger partial charge in [-0.2, -0.15) is 0 Å². The Labute approximate surface area is 124 Å². The molecular formula is C15H10BrClN2. The number of hydrogen-bond donors (Lipinski definition) is 1. The van der Waals surface area contributed by atoms with E-state index in [9.17, 15) is 0 Å². The van der Waals surface area contributed by atoms with Gasteiger partial charge in [-0.15, -0.1) is 0 Å². The van der Waals surface area contributed by atoms with Gasteiger partial charge in [0.05, 0.1) is 11.2 Å². The molecule has 3 aromatic rings. The van der Waals surface area contributed by atoms with Gasteiger partial charge in [-0.3, -0.25) is 4.98 Å². The standard InChI is InChI=1S/C15H10BrClN2/c16-12-3-1-2-4-15(12)19-14-7-8-18-13-6-5-10(17)9-11(13)14/h1-9H,(H,18,19). The topological polar surface area (TPSA) is 24.9 Å². The second kappa shape index (κ2) is 5.19. The summed E-state index contributed by atoms with van der Waals surface area (Å²) in [5.74, 6) is 0. The van der Waals surface area contributed by atoms with Gasteiger partial charge < -0.3 is 5.32 Å². The fourth-order valence-electron chi connectivity index (χ4n) is 1.94. The van der Waals surface area contributed by atoms with Crippen molar-refractivity contribution in [3.63, 3.8) is 0 Å². The molecule has 1 N–H and O–H groups in total. The summed E-state index contributed by atoms with van der Waals surface area (Å²) in [5, 5.41) is 5.11. The van der Waals surface area contributed by atoms with E-state index < -0.39 is 0 Å². The van der Waals surface area contributed by atoms with E-state index in [1.807, 2.05) is 48.5 Å². The van der Waals surface area contributed by atoms with Crippen molar-refractivity contribution in [3.05, 3.63) is 64.2 Å². The van der Waals surface area contributed by atoms with Crippen LogP contribution in [0.25, 0.3) is 10.9 Å². The predicted octanol–water partition coefficient (Wildman–Crippen LogP) is 5.39. The number of aromatic nitrogens is 1. The number of rotatable bonds is 2. The van der Waals surface area contributed by atoms with E-state index in [-0.39, 0.29) is 0 Å². The molecule has 19 heavy (non-hydrogen) atoms. The van der Waals surface area contributed by atoms with Gasteiger partial charge in [-0.05, 0) is 52.3 Å². The van der Waals surface area contributed by atoms with Gasteiger partial charge in [0, 0.05) is 26.8 Å². The molecule has 0 amide bonds. The molecule has 0 unspecified atom stereocenters. The highest BCUT2D eigenvalue weighted by Crippen LogP contribution is 2.30. The Morgan fingerprint density at radius 1 is 1.00 bits per heavy atom. The number of para-hydroxylation sites is 1. The van der Waals surface area contributed by atoms with Crippen LogP contribution in [0.2, 0.25) is 5.02 Å². The van der Waals surface area contributed by atoms with Crippen LogP contribution in [0.1, 0.15) is 0 Å². The molecular weight excluding hydrogens is 324 g/mol. The highest BCUT2D eigenvalue weighted by atomic mass is 79.9. The molecule has 1 heterocycles. The van der Waals surface area contributed by atoms with E-state index in [0.717, 1.165) is 26.8 Å². The van der Waals surface area contributed by atoms with Crippen LogP contribution in [0.5, 0.6) is 0 Å². The number of hydrogen-bond acceptors (Lipinski definition) is 2. The molecule has 0 saturated heterocycles. The second-order valence-corrected chi connectivity index (χ2v) is 5.42. The summed E-state index contributed by atoms with van der Waals surface area (Å²) in [5.41, 5.74) is 2.91. The summed E-state index contributed by atoms with van der Waals surface area (Å²) in [7, 11) is 0. The number of benzene rings is 2. The molecule has 0 aliphatic heterocycles. The molecule has 4 heteroatoms. The number of fused-ring (bicyclic) bond motifs is 1. The first-order valence-corrected chi connectivity index (χ1v) is 6.97. The summed E-state index contributed by atoms with van der Waals surface area (Å²) in [6, 6.07) is 15.6. The normalized spacial score (nSPS) is 10.6. The number of halogens is 2. The van der Waals surface area contributed by atoms with Gasteiger partial charge in [0.1, 0.15) is 0 Å². The molecule has 0 aliphatic carbocycles. The van der Waals surface area contributed by atoms with Gasteiger partial charge in [0.2, 0.25) is 0 Å². The van der Waals surface area contributed by atoms with E-state index >= 15 is 0 Å². The average molecular weight is 334 g/mol. The Morgan fingerprint density at radius 2 is 1.84 bits per heavy atom. The van der Waals surface area contributed by atoms with Crippen LogP contribution in [0.4, 0.5) is 11.4 Å². The predicted molar refractivity (Wildman–Crippen MR) is 84.2 cm³/mol. The molecule has 2 nitrogen and oxygen atoms in total. The minimum absolute atomic E-state index is 0.704. The molecule has 0 bridgehead atoms. The first-order valence-electron chi connectivity index (χ1n) is 5.80. The Hall–Kier alpha value is -1.58. The number of nitrogens with zero attached hydrogens (tertiary/aromatic N) is 1. The van der Waals surface area contributed by atoms with E-state index in [2.05, 4.69) is 26.2 Å². The summed E-state index contributed by atoms with van der Waals surface area (Å²) >= 11 is 9.59. The lowest BCUT2D eigenvalue weighted by Crippen LogP contribution is -1.93. The summed E-state index contributed by atoms with van der Waals surface area (Å²) in [6.45, 7) is 0. The minimum atomic E-state index is 0.704. The van der Waals surface area contributed by atoms with Crippen LogP contribution >= 0.6 is 27.5 Å². The van der Waals surface area contributed by atoms with Crippen LogP contribution < -0.4 is 5.32 Å². The maximum absolute atomic E-state index is 6.06. The van der Waals surface area contributed by atoms with Crippen molar-refractivity contribution in [2.45, 2.75) is 0 Å². The molecule has 94 valence electrons. The first kappa shape index (κ1) is 12.5. The van der Waals surface area contributed by atoms with Crippen LogP contribution in [-0.2, 0) is 0 Å². The van der Waals surface area contributed by atoms with Crippen molar-refractivity contribution < 1.29 is 0 Å². The molecule has 2 aromatic carbocycles. The zero-order valence-corrected chi connectivity index (χ0v) is 12.2. The quantitative estimate of drug-likeness (QED) is 0.679. The van der Waals surface area contributed by atoms with Crippen molar-refractivity contribution >= 4 is 49.8 Å². The second-order valence-electron chi connectivity index (χ2n) is 4.12. The summed E-state index contributed by atoms with van der Waals surface area (Å²) < 4.78 is 1.02. The van der Waals surface area contributed by atoms with Crippen LogP contribution in [0, 0.1) is 0 Å². The third-order valence-electron chi connectivity index (χ3n) is 2.85. The number of anilines is 2. The van der Waals surface area contributed by atoms with Crippen molar-refractivity contribution in [3.8, 4) is 0 Å². The molecule has 0 radical (unpaired) electrons. The molecule has 1 aromatic heterocycles. The summed E-state index contributed by atoms with van der Waals surface area (Å²) in [6.07, 6.45) is 1.79. The van der Waals surface area contributed by atoms with Crippen LogP contribution in [-0.4, -0.2) is 4.98 Å². The maximum Gasteiger partial charge on any atom is 0.0723 e. The van der Waals surface area contributed by atoms with E-state index in [1.54, 1.807) is 6.20 Å². The first-order chi connectivity index (χ1) is 9.24. The van der Waals surface area contributed by atoms with Crippen LogP contribution in [0.15, 0.2) is 59.2 Å². The molecule has 0 fully saturated rings. The molecule has 0 aliphatic rings. The minimum Gasteiger partial charge on any atom is -0.354 e. The average Bonchev–Trinajstić information content (AvgIpc) is 2.42. The fourth-order valence-corrected chi connectivity index (χ4v) is 2.49. The Kier molecular flexibility index (Phi) is 3.40. The highest BCUT2D eigenvalue weighted by molar-refractivity contribution is 9.10. The zero-order chi connectivity index (χ0) is 13.2. The van der Waals surface area contributed by atoms with E-state index in [4.69, 9.17) is 11.6 Å². The SMILES string of the molecule is Clc1ccc2nccc(Nc3ccccc3Br)c2c1. The monoisotopic (exact) mass is 332 g/mol. The molecule has 0 atom stereocenters. The molecule has 0 saturated carbocycles. The fraction of sp³-hybridized carbons (Fsp3) is 0. The summed E-state index contributed by atoms with van der Waals surface area (Å²) in [4.78, 5) is 4.34. The lowest BCUT2D eigenvalue weighted by molar-refractivity contribution is 1.40. The van der Waals surface area contributed by atoms with E-state index in [0.29, 0.717) is 5.02 Å². The van der Waals surface area contributed by atoms with Crippen molar-refractivity contribution in [1.29, 1.82) is 0 Å². The van der Waals surface area contributed by atoms with Crippen LogP contribution in [0.3, 0.4) is 0 Å². The van der Waals surface area contributed by atoms with Gasteiger partial charge in [-0.25, -0.2) is 0 Å². The van der Waals surface area contributed by atoms with Gasteiger partial charge in [0.15, 0.2) is 0 Å². The third kappa shape index (κ3) is 2.57. The highest BCUT2D eigenvalue weighted by Gasteiger charge is 2.05. The van der Waals surface area contributed by atoms with E-state index in [1.165, 1.54) is 0 Å². The number of pyridine rings is 1. The van der Waals surface area contributed by atoms with Gasteiger partial charge >= 0.3 is 0 Å². The Bertz CT molecular complexity index is 743. The molecule has 0 spiro atoms. The smallest absolute Gasteiger partial charge is 0.0723 e. The lowest BCUT2D eigenvalue weighted by Gasteiger charge is -2.11. The Morgan fingerprint density at radius 3 is 2.68 bits per heavy atom. The van der Waals surface area contributed by atoms with Gasteiger partial charge in [-0.1, -0.05) is 23.7 Å². The lowest BCUT2D eigenvalue weighted by atomic mass is 10.2. The van der Waals surface area contributed by atoms with Crippen molar-refractivity contribution in [1.82, 2.24) is 4.98 Å². The van der Waals surface area contributed by atoms with Gasteiger partial charge in [0.25, 0.3) is 0 Å². The largest absolute Gasteiger partial charge is 0.354 e.